The standard InChI is InChI=1S/C17H17N2O/c18-10-4-12-20-17-8-2-1-7-16(17)15-6-3-5-14(13-15)9-11-19/h1-3,5,7-8,13H,4,9-10,12,18H2. The number of hydrogen-bond donors (Lipinski definition) is 1. The number of nitrogens with two attached hydrogens (primary N) is 1. The third-order valence-corrected chi connectivity index (χ3v) is 2.93. The van der Waals surface area contributed by atoms with E-state index in [1.807, 2.05) is 42.5 Å². The maximum absolute atomic E-state index is 8.78. The third-order valence-electron chi connectivity index (χ3n) is 2.93. The van der Waals surface area contributed by atoms with Gasteiger partial charge in [0.15, 0.2) is 0 Å². The molecular formula is C17H17N2O. The van der Waals surface area contributed by atoms with Gasteiger partial charge in [-0.25, -0.2) is 0 Å². The highest BCUT2D eigenvalue weighted by Gasteiger charge is 2.06. The van der Waals surface area contributed by atoms with Crippen molar-refractivity contribution in [3.63, 3.8) is 0 Å². The highest BCUT2D eigenvalue weighted by molar-refractivity contribution is 5.70. The van der Waals surface area contributed by atoms with Crippen LogP contribution in [0.5, 0.6) is 5.75 Å². The van der Waals surface area contributed by atoms with Crippen LogP contribution in [0.25, 0.3) is 11.1 Å². The van der Waals surface area contributed by atoms with Crippen molar-refractivity contribution in [1.29, 1.82) is 5.26 Å². The van der Waals surface area contributed by atoms with Gasteiger partial charge in [0, 0.05) is 5.56 Å². The lowest BCUT2D eigenvalue weighted by Crippen LogP contribution is -2.06. The molecule has 101 valence electrons. The van der Waals surface area contributed by atoms with E-state index in [9.17, 15) is 0 Å². The van der Waals surface area contributed by atoms with Gasteiger partial charge in [-0.3, -0.25) is 0 Å². The summed E-state index contributed by atoms with van der Waals surface area (Å²) in [5.74, 6) is 0.825. The Labute approximate surface area is 119 Å². The van der Waals surface area contributed by atoms with E-state index in [1.165, 1.54) is 0 Å². The van der Waals surface area contributed by atoms with E-state index < -0.39 is 0 Å². The molecule has 0 aromatic heterocycles. The number of nitrogens with zero attached hydrogens (tertiary/aromatic N) is 1. The Bertz CT molecular complexity index is 602. The number of hydrogen-bond acceptors (Lipinski definition) is 3. The van der Waals surface area contributed by atoms with Crippen molar-refractivity contribution in [2.75, 3.05) is 13.2 Å². The van der Waals surface area contributed by atoms with Crippen molar-refractivity contribution < 1.29 is 4.74 Å². The fraction of sp³-hybridized carbons (Fsp3) is 0.235. The van der Waals surface area contributed by atoms with E-state index >= 15 is 0 Å². The number of benzene rings is 2. The zero-order valence-electron chi connectivity index (χ0n) is 11.3. The van der Waals surface area contributed by atoms with Crippen molar-refractivity contribution in [3.8, 4) is 22.9 Å². The van der Waals surface area contributed by atoms with Gasteiger partial charge >= 0.3 is 0 Å². The average Bonchev–Trinajstić information content (AvgIpc) is 2.49. The van der Waals surface area contributed by atoms with Gasteiger partial charge in [-0.05, 0) is 42.3 Å². The van der Waals surface area contributed by atoms with Gasteiger partial charge in [0.05, 0.1) is 19.1 Å². The highest BCUT2D eigenvalue weighted by atomic mass is 16.5. The molecule has 0 bridgehead atoms. The first-order chi connectivity index (χ1) is 9.85. The van der Waals surface area contributed by atoms with Crippen LogP contribution >= 0.6 is 0 Å². The minimum atomic E-state index is 0.401. The van der Waals surface area contributed by atoms with Crippen LogP contribution in [0.15, 0.2) is 42.5 Å². The molecule has 0 aliphatic rings. The third kappa shape index (κ3) is 3.59. The van der Waals surface area contributed by atoms with Crippen molar-refractivity contribution in [3.05, 3.63) is 54.1 Å². The van der Waals surface area contributed by atoms with Crippen LogP contribution in [0.2, 0.25) is 0 Å². The van der Waals surface area contributed by atoms with Crippen LogP contribution in [0, 0.1) is 17.4 Å². The van der Waals surface area contributed by atoms with Gasteiger partial charge in [0.1, 0.15) is 5.75 Å². The smallest absolute Gasteiger partial charge is 0.127 e. The predicted octanol–water partition coefficient (Wildman–Crippen LogP) is 2.95. The molecule has 0 fully saturated rings. The number of ether oxygens (including phenoxy) is 1. The van der Waals surface area contributed by atoms with Crippen LogP contribution in [0.3, 0.4) is 0 Å². The molecule has 0 atom stereocenters. The summed E-state index contributed by atoms with van der Waals surface area (Å²) >= 11 is 0. The molecule has 1 radical (unpaired) electrons. The number of rotatable bonds is 6. The van der Waals surface area contributed by atoms with E-state index in [0.29, 0.717) is 19.6 Å². The van der Waals surface area contributed by atoms with Crippen LogP contribution in [-0.2, 0) is 6.42 Å². The summed E-state index contributed by atoms with van der Waals surface area (Å²) in [5, 5.41) is 8.78. The molecule has 20 heavy (non-hydrogen) atoms. The molecule has 0 saturated carbocycles. The summed E-state index contributed by atoms with van der Waals surface area (Å²) in [6, 6.07) is 18.9. The minimum Gasteiger partial charge on any atom is -0.493 e. The number of para-hydroxylation sites is 1. The van der Waals surface area contributed by atoms with E-state index in [2.05, 4.69) is 12.1 Å². The Morgan fingerprint density at radius 2 is 2.10 bits per heavy atom. The second kappa shape index (κ2) is 7.32. The van der Waals surface area contributed by atoms with Gasteiger partial charge in [-0.1, -0.05) is 30.3 Å². The maximum atomic E-state index is 8.78. The topological polar surface area (TPSA) is 59.0 Å². The van der Waals surface area contributed by atoms with Crippen LogP contribution in [-0.4, -0.2) is 13.2 Å². The molecular weight excluding hydrogens is 248 g/mol. The molecule has 2 aromatic carbocycles. The van der Waals surface area contributed by atoms with Gasteiger partial charge in [0.2, 0.25) is 0 Å². The largest absolute Gasteiger partial charge is 0.493 e. The Kier molecular flexibility index (Phi) is 5.16. The zero-order chi connectivity index (χ0) is 14.2. The van der Waals surface area contributed by atoms with Gasteiger partial charge in [-0.2, -0.15) is 5.26 Å². The quantitative estimate of drug-likeness (QED) is 0.817. The predicted molar refractivity (Wildman–Crippen MR) is 79.2 cm³/mol. The van der Waals surface area contributed by atoms with Crippen molar-refractivity contribution >= 4 is 0 Å². The minimum absolute atomic E-state index is 0.401. The molecule has 0 aliphatic heterocycles. The molecule has 2 aromatic rings. The second-order valence-electron chi connectivity index (χ2n) is 4.43. The Morgan fingerprint density at radius 3 is 2.90 bits per heavy atom. The van der Waals surface area contributed by atoms with Gasteiger partial charge in [-0.15, -0.1) is 0 Å². The summed E-state index contributed by atoms with van der Waals surface area (Å²) in [5.41, 5.74) is 8.40. The van der Waals surface area contributed by atoms with Gasteiger partial charge < -0.3 is 10.5 Å². The SMILES string of the molecule is N#CCc1cc[c]c(-c2ccccc2OCCCN)c1. The normalized spacial score (nSPS) is 10.0. The van der Waals surface area contributed by atoms with E-state index in [4.69, 9.17) is 15.7 Å². The van der Waals surface area contributed by atoms with Crippen LogP contribution in [0.1, 0.15) is 12.0 Å². The number of nitriles is 1. The summed E-state index contributed by atoms with van der Waals surface area (Å²) < 4.78 is 5.77. The second-order valence-corrected chi connectivity index (χ2v) is 4.43. The molecule has 0 amide bonds. The first-order valence-electron chi connectivity index (χ1n) is 6.65. The van der Waals surface area contributed by atoms with Crippen LogP contribution < -0.4 is 10.5 Å². The monoisotopic (exact) mass is 265 g/mol. The summed E-state index contributed by atoms with van der Waals surface area (Å²) in [4.78, 5) is 0. The van der Waals surface area contributed by atoms with Gasteiger partial charge in [0.25, 0.3) is 0 Å². The molecule has 0 unspecified atom stereocenters. The van der Waals surface area contributed by atoms with Crippen molar-refractivity contribution in [1.82, 2.24) is 0 Å². The zero-order valence-corrected chi connectivity index (χ0v) is 11.3. The lowest BCUT2D eigenvalue weighted by atomic mass is 10.0. The molecule has 0 aliphatic carbocycles. The summed E-state index contributed by atoms with van der Waals surface area (Å²) in [6.45, 7) is 1.22. The molecule has 0 heterocycles. The summed E-state index contributed by atoms with van der Waals surface area (Å²) in [6.07, 6.45) is 1.23. The van der Waals surface area contributed by atoms with E-state index in [-0.39, 0.29) is 0 Å². The first-order valence-corrected chi connectivity index (χ1v) is 6.65. The maximum Gasteiger partial charge on any atom is 0.127 e. The molecule has 3 heteroatoms. The molecule has 2 N–H and O–H groups in total. The summed E-state index contributed by atoms with van der Waals surface area (Å²) in [7, 11) is 0. The lowest BCUT2D eigenvalue weighted by molar-refractivity contribution is 0.314. The first kappa shape index (κ1) is 14.1. The fourth-order valence-electron chi connectivity index (χ4n) is 1.95. The van der Waals surface area contributed by atoms with E-state index in [1.54, 1.807) is 0 Å². The van der Waals surface area contributed by atoms with Crippen molar-refractivity contribution in [2.24, 2.45) is 5.73 Å². The lowest BCUT2D eigenvalue weighted by Gasteiger charge is -2.11. The molecule has 0 saturated heterocycles. The highest BCUT2D eigenvalue weighted by Crippen LogP contribution is 2.30. The fourth-order valence-corrected chi connectivity index (χ4v) is 1.95. The molecule has 2 rings (SSSR count). The Hall–Kier alpha value is -2.31. The Morgan fingerprint density at radius 1 is 1.25 bits per heavy atom. The molecule has 0 spiro atoms. The van der Waals surface area contributed by atoms with E-state index in [0.717, 1.165) is 28.9 Å². The average molecular weight is 265 g/mol. The van der Waals surface area contributed by atoms with Crippen LogP contribution in [0.4, 0.5) is 0 Å². The van der Waals surface area contributed by atoms with Crippen molar-refractivity contribution in [2.45, 2.75) is 12.8 Å². The Balaban J connectivity index is 2.27. The molecule has 3 nitrogen and oxygen atoms in total.